The fraction of sp³-hybridized carbons (Fsp3) is 0.471. The molecule has 2 aliphatic heterocycles. The number of carbonyl (C=O) groups is 2. The van der Waals surface area contributed by atoms with E-state index in [9.17, 15) is 18.0 Å². The number of hydrogen-bond acceptors (Lipinski definition) is 8. The molecule has 1 N–H and O–H groups in total. The molecule has 0 spiro atoms. The molecule has 2 bridgehead atoms. The molecule has 1 aromatic heterocycles. The number of nitrogens with one attached hydrogen (secondary N) is 1. The highest BCUT2D eigenvalue weighted by Crippen LogP contribution is 2.27. The highest BCUT2D eigenvalue weighted by atomic mass is 32.2. The van der Waals surface area contributed by atoms with Gasteiger partial charge < -0.3 is 19.7 Å². The van der Waals surface area contributed by atoms with Crippen LogP contribution in [0.3, 0.4) is 0 Å². The number of rotatable bonds is 6. The third-order valence-corrected chi connectivity index (χ3v) is 9.88. The van der Waals surface area contributed by atoms with Crippen molar-refractivity contribution in [2.75, 3.05) is 18.9 Å². The van der Waals surface area contributed by atoms with Crippen LogP contribution in [-0.4, -0.2) is 72.2 Å². The summed E-state index contributed by atoms with van der Waals surface area (Å²) in [6, 6.07) is 13.5. The lowest BCUT2D eigenvalue weighted by atomic mass is 9.91. The summed E-state index contributed by atoms with van der Waals surface area (Å²) in [6.45, 7) is 6.83. The number of benzene rings is 2. The van der Waals surface area contributed by atoms with Crippen molar-refractivity contribution in [3.8, 4) is 16.9 Å². The number of sulfone groups is 1. The Bertz CT molecular complexity index is 1570. The largest absolute Gasteiger partial charge is 0.491 e. The molecule has 0 radical (unpaired) electrons. The standard InChI is InChI=1S/C34H42N4O6S/c1-34(2,3)17-32(39)37-31-9-4-5-14-45(41,42)30-8-6-7-28(16-30)44-22-27-15-29(20-38(27)33(31)40)43-21-24-10-12-25(13-11-24)26-18-35-23-36-19-26/h6-8,10-13,16,18-19,23,27,29,31H,4-5,9,14-15,17,20-22H2,1-3H3,(H,37,39)/t27-,29-,31-/m0/s1. The van der Waals surface area contributed by atoms with E-state index in [2.05, 4.69) is 15.3 Å². The van der Waals surface area contributed by atoms with Crippen molar-refractivity contribution < 1.29 is 27.5 Å². The fourth-order valence-electron chi connectivity index (χ4n) is 5.77. The van der Waals surface area contributed by atoms with Crippen LogP contribution >= 0.6 is 0 Å². The molecule has 5 rings (SSSR count). The van der Waals surface area contributed by atoms with E-state index in [0.717, 1.165) is 16.7 Å². The molecule has 3 heterocycles. The first kappa shape index (κ1) is 32.6. The van der Waals surface area contributed by atoms with Crippen LogP contribution in [0.2, 0.25) is 0 Å². The number of carbonyl (C=O) groups excluding carboxylic acids is 2. The van der Waals surface area contributed by atoms with Gasteiger partial charge in [-0.1, -0.05) is 51.1 Å². The molecule has 45 heavy (non-hydrogen) atoms. The summed E-state index contributed by atoms with van der Waals surface area (Å²) in [7, 11) is -3.52. The number of hydrogen-bond donors (Lipinski definition) is 1. The van der Waals surface area contributed by atoms with E-state index < -0.39 is 15.9 Å². The lowest BCUT2D eigenvalue weighted by molar-refractivity contribution is -0.138. The molecular weight excluding hydrogens is 592 g/mol. The highest BCUT2D eigenvalue weighted by molar-refractivity contribution is 7.91. The highest BCUT2D eigenvalue weighted by Gasteiger charge is 2.39. The van der Waals surface area contributed by atoms with Gasteiger partial charge in [-0.15, -0.1) is 0 Å². The van der Waals surface area contributed by atoms with Crippen LogP contribution in [0, 0.1) is 5.41 Å². The summed E-state index contributed by atoms with van der Waals surface area (Å²) in [4.78, 5) is 37.2. The fourth-order valence-corrected chi connectivity index (χ4v) is 7.17. The van der Waals surface area contributed by atoms with E-state index in [-0.39, 0.29) is 53.1 Å². The second-order valence-electron chi connectivity index (χ2n) is 13.1. The van der Waals surface area contributed by atoms with Gasteiger partial charge in [-0.3, -0.25) is 9.59 Å². The number of ether oxygens (including phenoxy) is 2. The van der Waals surface area contributed by atoms with E-state index in [4.69, 9.17) is 9.47 Å². The molecule has 10 nitrogen and oxygen atoms in total. The van der Waals surface area contributed by atoms with Crippen molar-refractivity contribution >= 4 is 21.7 Å². The first-order valence-corrected chi connectivity index (χ1v) is 17.1. The van der Waals surface area contributed by atoms with E-state index in [0.29, 0.717) is 44.6 Å². The predicted octanol–water partition coefficient (Wildman–Crippen LogP) is 4.59. The van der Waals surface area contributed by atoms with Crippen molar-refractivity contribution in [3.63, 3.8) is 0 Å². The maximum atomic E-state index is 14.1. The first-order chi connectivity index (χ1) is 21.5. The Kier molecular flexibility index (Phi) is 10.2. The molecule has 0 saturated carbocycles. The van der Waals surface area contributed by atoms with Crippen LogP contribution < -0.4 is 10.1 Å². The molecule has 3 atom stereocenters. The first-order valence-electron chi connectivity index (χ1n) is 15.5. The van der Waals surface area contributed by atoms with Crippen LogP contribution in [0.15, 0.2) is 72.1 Å². The molecule has 240 valence electrons. The topological polar surface area (TPSA) is 128 Å². The van der Waals surface area contributed by atoms with Crippen LogP contribution in [-0.2, 0) is 30.8 Å². The van der Waals surface area contributed by atoms with E-state index >= 15 is 0 Å². The Balaban J connectivity index is 1.33. The monoisotopic (exact) mass is 634 g/mol. The summed E-state index contributed by atoms with van der Waals surface area (Å²) < 4.78 is 38.4. The van der Waals surface area contributed by atoms with Crippen LogP contribution in [0.25, 0.3) is 11.1 Å². The SMILES string of the molecule is CC(C)(C)CC(=O)N[C@H]1CCCCS(=O)(=O)c2cccc(c2)OC[C@@H]2C[C@H](OCc3ccc(-c4cncnc4)cc3)CN2C1=O. The van der Waals surface area contributed by atoms with Gasteiger partial charge in [0, 0.05) is 30.9 Å². The van der Waals surface area contributed by atoms with Gasteiger partial charge in [0.05, 0.1) is 29.4 Å². The molecule has 11 heteroatoms. The average Bonchev–Trinajstić information content (AvgIpc) is 3.43. The second-order valence-corrected chi connectivity index (χ2v) is 15.2. The molecule has 1 fully saturated rings. The molecule has 0 aliphatic carbocycles. The third kappa shape index (κ3) is 8.88. The summed E-state index contributed by atoms with van der Waals surface area (Å²) in [6.07, 6.45) is 6.81. The molecular formula is C34H42N4O6S. The Morgan fingerprint density at radius 2 is 1.82 bits per heavy atom. The summed E-state index contributed by atoms with van der Waals surface area (Å²) >= 11 is 0. The van der Waals surface area contributed by atoms with Crippen molar-refractivity contribution in [1.82, 2.24) is 20.2 Å². The van der Waals surface area contributed by atoms with Gasteiger partial charge >= 0.3 is 0 Å². The van der Waals surface area contributed by atoms with Crippen LogP contribution in [0.5, 0.6) is 5.75 Å². The van der Waals surface area contributed by atoms with Gasteiger partial charge in [0.2, 0.25) is 11.8 Å². The van der Waals surface area contributed by atoms with Gasteiger partial charge in [-0.05, 0) is 60.4 Å². The molecule has 0 unspecified atom stereocenters. The quantitative estimate of drug-likeness (QED) is 0.417. The Morgan fingerprint density at radius 1 is 1.07 bits per heavy atom. The van der Waals surface area contributed by atoms with Crippen LogP contribution in [0.4, 0.5) is 0 Å². The minimum atomic E-state index is -3.52. The summed E-state index contributed by atoms with van der Waals surface area (Å²) in [5, 5.41) is 2.97. The summed E-state index contributed by atoms with van der Waals surface area (Å²) in [5.41, 5.74) is 2.69. The zero-order chi connectivity index (χ0) is 32.0. The lowest BCUT2D eigenvalue weighted by Gasteiger charge is -2.30. The normalized spacial score (nSPS) is 22.2. The Morgan fingerprint density at radius 3 is 2.56 bits per heavy atom. The minimum Gasteiger partial charge on any atom is -0.491 e. The van der Waals surface area contributed by atoms with Gasteiger partial charge in [0.25, 0.3) is 0 Å². The second kappa shape index (κ2) is 14.1. The van der Waals surface area contributed by atoms with Gasteiger partial charge in [-0.25, -0.2) is 18.4 Å². The van der Waals surface area contributed by atoms with E-state index in [1.807, 2.05) is 45.0 Å². The predicted molar refractivity (Wildman–Crippen MR) is 170 cm³/mol. The molecule has 2 aromatic carbocycles. The number of fused-ring (bicyclic) bond motifs is 3. The zero-order valence-electron chi connectivity index (χ0n) is 26.1. The zero-order valence-corrected chi connectivity index (χ0v) is 27.0. The minimum absolute atomic E-state index is 0.0460. The molecule has 2 aliphatic rings. The van der Waals surface area contributed by atoms with Crippen molar-refractivity contribution in [3.05, 3.63) is 72.8 Å². The number of amides is 2. The van der Waals surface area contributed by atoms with Crippen LogP contribution in [0.1, 0.15) is 58.4 Å². The van der Waals surface area contributed by atoms with Crippen molar-refractivity contribution in [2.24, 2.45) is 5.41 Å². The lowest BCUT2D eigenvalue weighted by Crippen LogP contribution is -2.51. The maximum absolute atomic E-state index is 14.1. The van der Waals surface area contributed by atoms with Gasteiger partial charge in [0.15, 0.2) is 9.84 Å². The average molecular weight is 635 g/mol. The van der Waals surface area contributed by atoms with Gasteiger partial charge in [-0.2, -0.15) is 0 Å². The smallest absolute Gasteiger partial charge is 0.245 e. The van der Waals surface area contributed by atoms with Crippen molar-refractivity contribution in [1.29, 1.82) is 0 Å². The molecule has 3 aromatic rings. The Hall–Kier alpha value is -3.83. The number of aromatic nitrogens is 2. The maximum Gasteiger partial charge on any atom is 0.245 e. The third-order valence-electron chi connectivity index (χ3n) is 8.08. The number of nitrogens with zero attached hydrogens (tertiary/aromatic N) is 3. The van der Waals surface area contributed by atoms with Crippen molar-refractivity contribution in [2.45, 2.75) is 82.6 Å². The van der Waals surface area contributed by atoms with E-state index in [1.54, 1.807) is 41.6 Å². The van der Waals surface area contributed by atoms with Gasteiger partial charge in [0.1, 0.15) is 24.7 Å². The van der Waals surface area contributed by atoms with E-state index in [1.165, 1.54) is 6.33 Å². The molecule has 2 amide bonds. The summed E-state index contributed by atoms with van der Waals surface area (Å²) in [5.74, 6) is -0.00544. The molecule has 1 saturated heterocycles. The Labute approximate surface area is 265 Å².